The Bertz CT molecular complexity index is 538. The van der Waals surface area contributed by atoms with E-state index in [0.29, 0.717) is 5.92 Å². The summed E-state index contributed by atoms with van der Waals surface area (Å²) in [5.41, 5.74) is 2.46. The zero-order chi connectivity index (χ0) is 12.4. The van der Waals surface area contributed by atoms with Gasteiger partial charge >= 0.3 is 0 Å². The summed E-state index contributed by atoms with van der Waals surface area (Å²) in [6.45, 7) is 3.69. The van der Waals surface area contributed by atoms with Gasteiger partial charge in [0.25, 0.3) is 0 Å². The molecule has 0 saturated carbocycles. The average Bonchev–Trinajstić information content (AvgIpc) is 2.97. The molecule has 1 aromatic carbocycles. The number of rotatable bonds is 4. The molecule has 2 aromatic rings. The van der Waals surface area contributed by atoms with E-state index in [9.17, 15) is 0 Å². The van der Waals surface area contributed by atoms with Crippen molar-refractivity contribution in [2.24, 2.45) is 0 Å². The number of aromatic nitrogens is 1. The van der Waals surface area contributed by atoms with Crippen molar-refractivity contribution in [3.63, 3.8) is 0 Å². The zero-order valence-corrected chi connectivity index (χ0v) is 11.2. The Morgan fingerprint density at radius 3 is 3.17 bits per heavy atom. The predicted octanol–water partition coefficient (Wildman–Crippen LogP) is 2.96. The monoisotopic (exact) mass is 260 g/mol. The first kappa shape index (κ1) is 11.8. The van der Waals surface area contributed by atoms with Crippen molar-refractivity contribution in [1.29, 1.82) is 0 Å². The zero-order valence-electron chi connectivity index (χ0n) is 10.3. The van der Waals surface area contributed by atoms with Gasteiger partial charge in [0.2, 0.25) is 0 Å². The van der Waals surface area contributed by atoms with E-state index in [-0.39, 0.29) is 0 Å². The van der Waals surface area contributed by atoms with E-state index in [2.05, 4.69) is 34.7 Å². The number of hydrogen-bond donors (Lipinski definition) is 1. The molecule has 1 aromatic heterocycles. The third-order valence-electron chi connectivity index (χ3n) is 3.17. The molecule has 0 aliphatic carbocycles. The molecule has 94 valence electrons. The fraction of sp³-hybridized carbons (Fsp3) is 0.357. The molecule has 0 radical (unpaired) electrons. The normalized spacial score (nSPS) is 17.9. The summed E-state index contributed by atoms with van der Waals surface area (Å²) in [5.74, 6) is 2.65. The quantitative estimate of drug-likeness (QED) is 0.917. The highest BCUT2D eigenvalue weighted by molar-refractivity contribution is 7.99. The van der Waals surface area contributed by atoms with Crippen LogP contribution in [0.1, 0.15) is 22.9 Å². The Morgan fingerprint density at radius 1 is 1.44 bits per heavy atom. The predicted molar refractivity (Wildman–Crippen MR) is 72.9 cm³/mol. The van der Waals surface area contributed by atoms with Gasteiger partial charge in [0.05, 0.1) is 5.69 Å². The molecular formula is C14H16N2OS. The number of nitrogens with zero attached hydrogens (tertiary/aromatic N) is 1. The van der Waals surface area contributed by atoms with Crippen LogP contribution >= 0.6 is 11.8 Å². The van der Waals surface area contributed by atoms with Crippen LogP contribution in [0, 0.1) is 6.92 Å². The van der Waals surface area contributed by atoms with Crippen LogP contribution in [0.15, 0.2) is 39.8 Å². The number of thioether (sulfide) groups is 1. The van der Waals surface area contributed by atoms with Crippen LogP contribution in [0.4, 0.5) is 0 Å². The van der Waals surface area contributed by atoms with Crippen LogP contribution in [0.25, 0.3) is 0 Å². The molecule has 0 amide bonds. The highest BCUT2D eigenvalue weighted by Gasteiger charge is 2.21. The van der Waals surface area contributed by atoms with Gasteiger partial charge in [-0.1, -0.05) is 23.4 Å². The molecule has 0 spiro atoms. The van der Waals surface area contributed by atoms with Gasteiger partial charge in [-0.3, -0.25) is 0 Å². The second-order valence-electron chi connectivity index (χ2n) is 4.61. The van der Waals surface area contributed by atoms with Crippen molar-refractivity contribution < 1.29 is 4.52 Å². The lowest BCUT2D eigenvalue weighted by Crippen LogP contribution is -2.21. The van der Waals surface area contributed by atoms with E-state index < -0.39 is 0 Å². The van der Waals surface area contributed by atoms with Crippen LogP contribution < -0.4 is 5.32 Å². The van der Waals surface area contributed by atoms with Crippen LogP contribution in [-0.4, -0.2) is 17.5 Å². The lowest BCUT2D eigenvalue weighted by Gasteiger charge is -2.10. The summed E-state index contributed by atoms with van der Waals surface area (Å²) in [5, 5.41) is 7.44. The fourth-order valence-corrected chi connectivity index (χ4v) is 3.53. The van der Waals surface area contributed by atoms with E-state index in [1.54, 1.807) is 0 Å². The van der Waals surface area contributed by atoms with Gasteiger partial charge in [-0.2, -0.15) is 0 Å². The molecule has 3 rings (SSSR count). The highest BCUT2D eigenvalue weighted by atomic mass is 32.2. The SMILES string of the molecule is Cc1cc(CNCC2CSc3ccccc32)no1. The van der Waals surface area contributed by atoms with Crippen LogP contribution in [0.3, 0.4) is 0 Å². The first-order valence-electron chi connectivity index (χ1n) is 6.17. The molecule has 0 saturated heterocycles. The minimum Gasteiger partial charge on any atom is -0.361 e. The molecule has 1 unspecified atom stereocenters. The summed E-state index contributed by atoms with van der Waals surface area (Å²) in [4.78, 5) is 1.43. The summed E-state index contributed by atoms with van der Waals surface area (Å²) in [6.07, 6.45) is 0. The first-order chi connectivity index (χ1) is 8.83. The molecule has 1 atom stereocenters. The van der Waals surface area contributed by atoms with Gasteiger partial charge in [-0.05, 0) is 18.6 Å². The minimum atomic E-state index is 0.610. The van der Waals surface area contributed by atoms with Gasteiger partial charge in [0.15, 0.2) is 0 Å². The average molecular weight is 260 g/mol. The second kappa shape index (κ2) is 5.16. The Labute approximate surface area is 111 Å². The van der Waals surface area contributed by atoms with Gasteiger partial charge in [-0.25, -0.2) is 0 Å². The summed E-state index contributed by atoms with van der Waals surface area (Å²) in [6, 6.07) is 10.7. The van der Waals surface area contributed by atoms with Crippen molar-refractivity contribution >= 4 is 11.8 Å². The third-order valence-corrected chi connectivity index (χ3v) is 4.42. The van der Waals surface area contributed by atoms with Gasteiger partial charge < -0.3 is 9.84 Å². The molecule has 0 fully saturated rings. The lowest BCUT2D eigenvalue weighted by molar-refractivity contribution is 0.388. The fourth-order valence-electron chi connectivity index (χ4n) is 2.27. The second-order valence-corrected chi connectivity index (χ2v) is 5.67. The molecular weight excluding hydrogens is 244 g/mol. The maximum atomic E-state index is 5.05. The summed E-state index contributed by atoms with van der Waals surface area (Å²) in [7, 11) is 0. The van der Waals surface area contributed by atoms with Crippen molar-refractivity contribution in [3.05, 3.63) is 47.3 Å². The van der Waals surface area contributed by atoms with Gasteiger partial charge in [-0.15, -0.1) is 11.8 Å². The van der Waals surface area contributed by atoms with Crippen LogP contribution in [-0.2, 0) is 6.54 Å². The highest BCUT2D eigenvalue weighted by Crippen LogP contribution is 2.38. The first-order valence-corrected chi connectivity index (χ1v) is 7.16. The Hall–Kier alpha value is -1.26. The van der Waals surface area contributed by atoms with E-state index in [1.807, 2.05) is 24.8 Å². The molecule has 3 nitrogen and oxygen atoms in total. The smallest absolute Gasteiger partial charge is 0.133 e. The largest absolute Gasteiger partial charge is 0.361 e. The number of nitrogens with one attached hydrogen (secondary N) is 1. The number of benzene rings is 1. The van der Waals surface area contributed by atoms with E-state index in [1.165, 1.54) is 16.2 Å². The molecule has 0 bridgehead atoms. The van der Waals surface area contributed by atoms with E-state index in [4.69, 9.17) is 4.52 Å². The van der Waals surface area contributed by atoms with E-state index in [0.717, 1.165) is 24.5 Å². The minimum absolute atomic E-state index is 0.610. The Kier molecular flexibility index (Phi) is 3.39. The summed E-state index contributed by atoms with van der Waals surface area (Å²) >= 11 is 1.95. The van der Waals surface area contributed by atoms with Crippen molar-refractivity contribution in [1.82, 2.24) is 10.5 Å². The third kappa shape index (κ3) is 2.44. The molecule has 4 heteroatoms. The number of aryl methyl sites for hydroxylation is 1. The molecule has 18 heavy (non-hydrogen) atoms. The molecule has 1 aliphatic rings. The lowest BCUT2D eigenvalue weighted by atomic mass is 10.0. The Balaban J connectivity index is 1.56. The molecule has 2 heterocycles. The van der Waals surface area contributed by atoms with Crippen molar-refractivity contribution in [2.45, 2.75) is 24.3 Å². The number of hydrogen-bond acceptors (Lipinski definition) is 4. The standard InChI is InChI=1S/C14H16N2OS/c1-10-6-12(16-17-10)8-15-7-11-9-18-14-5-3-2-4-13(11)14/h2-6,11,15H,7-9H2,1H3. The maximum Gasteiger partial charge on any atom is 0.133 e. The van der Waals surface area contributed by atoms with Crippen LogP contribution in [0.5, 0.6) is 0 Å². The molecule has 1 N–H and O–H groups in total. The van der Waals surface area contributed by atoms with Gasteiger partial charge in [0, 0.05) is 35.7 Å². The van der Waals surface area contributed by atoms with Crippen LogP contribution in [0.2, 0.25) is 0 Å². The Morgan fingerprint density at radius 2 is 2.33 bits per heavy atom. The summed E-state index contributed by atoms with van der Waals surface area (Å²) < 4.78 is 5.05. The van der Waals surface area contributed by atoms with Crippen molar-refractivity contribution in [2.75, 3.05) is 12.3 Å². The number of fused-ring (bicyclic) bond motifs is 1. The van der Waals surface area contributed by atoms with E-state index >= 15 is 0 Å². The molecule has 1 aliphatic heterocycles. The topological polar surface area (TPSA) is 38.1 Å². The maximum absolute atomic E-state index is 5.05. The van der Waals surface area contributed by atoms with Crippen molar-refractivity contribution in [3.8, 4) is 0 Å². The van der Waals surface area contributed by atoms with Gasteiger partial charge in [0.1, 0.15) is 5.76 Å².